The summed E-state index contributed by atoms with van der Waals surface area (Å²) in [7, 11) is 0. The predicted molar refractivity (Wildman–Crippen MR) is 148 cm³/mol. The molecule has 3 fully saturated rings. The lowest BCUT2D eigenvalue weighted by atomic mass is 9.34. The van der Waals surface area contributed by atoms with Gasteiger partial charge in [0.1, 0.15) is 0 Å². The zero-order valence-electron chi connectivity index (χ0n) is 25.0. The first-order valence-corrected chi connectivity index (χ1v) is 14.9. The van der Waals surface area contributed by atoms with Crippen LogP contribution >= 0.6 is 0 Å². The molecule has 1 heterocycles. The highest BCUT2D eigenvalue weighted by Gasteiger charge is 2.70. The number of carbonyl (C=O) groups is 2. The van der Waals surface area contributed by atoms with Crippen LogP contribution in [-0.4, -0.2) is 21.7 Å². The summed E-state index contributed by atoms with van der Waals surface area (Å²) in [5, 5.41) is 4.30. The first-order valence-electron chi connectivity index (χ1n) is 14.9. The molecule has 0 bridgehead atoms. The SMILES string of the molecule is [C-]#[N+]C1=C[C@]2(C)C3=CC(=O)[C@@H]4[C@@H]5CC(C)(C)CC[C@]5(c5noc(CF)n5)CC[C@@]4(C)[C@]3(C)CC[C@H]2C(C)(C)C1=O. The number of hydrogen-bond acceptors (Lipinski definition) is 5. The summed E-state index contributed by atoms with van der Waals surface area (Å²) >= 11 is 0. The van der Waals surface area contributed by atoms with E-state index >= 15 is 0 Å². The summed E-state index contributed by atoms with van der Waals surface area (Å²) in [4.78, 5) is 36.0. The van der Waals surface area contributed by atoms with Crippen LogP contribution in [0, 0.1) is 51.4 Å². The van der Waals surface area contributed by atoms with Crippen molar-refractivity contribution >= 4 is 11.6 Å². The van der Waals surface area contributed by atoms with Crippen LogP contribution in [0.2, 0.25) is 0 Å². The molecule has 0 aromatic carbocycles. The van der Waals surface area contributed by atoms with Gasteiger partial charge in [0.25, 0.3) is 5.89 Å². The Bertz CT molecular complexity index is 1410. The van der Waals surface area contributed by atoms with Gasteiger partial charge in [0, 0.05) is 22.2 Å². The molecule has 7 atom stereocenters. The lowest BCUT2D eigenvalue weighted by Gasteiger charge is -2.69. The zero-order chi connectivity index (χ0) is 29.1. The smallest absolute Gasteiger partial charge is 0.258 e. The summed E-state index contributed by atoms with van der Waals surface area (Å²) in [5.41, 5.74) is -0.845. The summed E-state index contributed by atoms with van der Waals surface area (Å²) in [6.07, 6.45) is 9.97. The van der Waals surface area contributed by atoms with Crippen molar-refractivity contribution < 1.29 is 18.5 Å². The average molecular weight is 548 g/mol. The minimum absolute atomic E-state index is 0.00788. The van der Waals surface area contributed by atoms with Gasteiger partial charge in [-0.15, -0.1) is 0 Å². The Hall–Kier alpha value is -2.62. The Labute approximate surface area is 237 Å². The zero-order valence-corrected chi connectivity index (χ0v) is 25.0. The van der Waals surface area contributed by atoms with Crippen LogP contribution in [0.5, 0.6) is 0 Å². The second kappa shape index (κ2) is 8.23. The number of Topliss-reactive ketones (excluding diaryl/α,β-unsaturated/α-hetero) is 1. The van der Waals surface area contributed by atoms with Gasteiger partial charge >= 0.3 is 0 Å². The van der Waals surface area contributed by atoms with Gasteiger partial charge < -0.3 is 9.32 Å². The molecule has 5 aliphatic carbocycles. The number of halogens is 1. The molecule has 0 unspecified atom stereocenters. The first-order chi connectivity index (χ1) is 18.6. The second-order valence-corrected chi connectivity index (χ2v) is 15.5. The fraction of sp³-hybridized carbons (Fsp3) is 0.727. The quantitative estimate of drug-likeness (QED) is 0.362. The Kier molecular flexibility index (Phi) is 5.67. The Morgan fingerprint density at radius 1 is 1.05 bits per heavy atom. The number of nitrogens with zero attached hydrogens (tertiary/aromatic N) is 3. The van der Waals surface area contributed by atoms with Gasteiger partial charge in [-0.3, -0.25) is 4.79 Å². The van der Waals surface area contributed by atoms with E-state index in [0.717, 1.165) is 50.5 Å². The van der Waals surface area contributed by atoms with Crippen molar-refractivity contribution in [1.29, 1.82) is 0 Å². The lowest BCUT2D eigenvalue weighted by Crippen LogP contribution is -2.65. The van der Waals surface area contributed by atoms with Crippen molar-refractivity contribution in [2.75, 3.05) is 0 Å². The van der Waals surface area contributed by atoms with Gasteiger partial charge in [0.15, 0.2) is 24.1 Å². The van der Waals surface area contributed by atoms with E-state index in [-0.39, 0.29) is 57.2 Å². The number of ketones is 2. The van der Waals surface area contributed by atoms with Crippen molar-refractivity contribution in [1.82, 2.24) is 10.1 Å². The average Bonchev–Trinajstić information content (AvgIpc) is 3.37. The van der Waals surface area contributed by atoms with E-state index in [2.05, 4.69) is 49.6 Å². The molecule has 0 aliphatic heterocycles. The third-order valence-corrected chi connectivity index (χ3v) is 12.9. The summed E-state index contributed by atoms with van der Waals surface area (Å²) in [5.74, 6) is 0.471. The number of hydrogen-bond donors (Lipinski definition) is 0. The van der Waals surface area contributed by atoms with Crippen molar-refractivity contribution in [3.05, 3.63) is 46.6 Å². The van der Waals surface area contributed by atoms with Crippen molar-refractivity contribution in [2.45, 2.75) is 106 Å². The largest absolute Gasteiger partial charge is 0.336 e. The molecule has 1 aromatic heterocycles. The molecule has 5 aliphatic rings. The fourth-order valence-electron chi connectivity index (χ4n) is 10.5. The summed E-state index contributed by atoms with van der Waals surface area (Å²) in [6.45, 7) is 22.3. The fourth-order valence-corrected chi connectivity index (χ4v) is 10.5. The topological polar surface area (TPSA) is 77.4 Å². The van der Waals surface area contributed by atoms with Gasteiger partial charge in [-0.05, 0) is 79.1 Å². The molecule has 1 aromatic rings. The highest BCUT2D eigenvalue weighted by atomic mass is 19.1. The second-order valence-electron chi connectivity index (χ2n) is 15.5. The highest BCUT2D eigenvalue weighted by Crippen LogP contribution is 2.74. The van der Waals surface area contributed by atoms with E-state index in [1.54, 1.807) is 0 Å². The molecule has 0 saturated heterocycles. The van der Waals surface area contributed by atoms with E-state index < -0.39 is 22.9 Å². The van der Waals surface area contributed by atoms with Crippen LogP contribution in [0.3, 0.4) is 0 Å². The molecular formula is C33H42FN3O3. The summed E-state index contributed by atoms with van der Waals surface area (Å²) in [6, 6.07) is 0. The molecule has 214 valence electrons. The van der Waals surface area contributed by atoms with Crippen LogP contribution in [0.15, 0.2) is 27.9 Å². The molecule has 0 amide bonds. The maximum absolute atomic E-state index is 14.6. The first kappa shape index (κ1) is 27.5. The van der Waals surface area contributed by atoms with Crippen molar-refractivity contribution in [3.8, 4) is 0 Å². The van der Waals surface area contributed by atoms with Gasteiger partial charge in [-0.25, -0.2) is 9.24 Å². The van der Waals surface area contributed by atoms with E-state index in [0.29, 0.717) is 5.82 Å². The molecule has 40 heavy (non-hydrogen) atoms. The lowest BCUT2D eigenvalue weighted by molar-refractivity contribution is -0.160. The maximum atomic E-state index is 14.6. The van der Waals surface area contributed by atoms with Crippen LogP contribution in [0.1, 0.15) is 105 Å². The van der Waals surface area contributed by atoms with E-state index in [1.165, 1.54) is 0 Å². The Morgan fingerprint density at radius 3 is 2.40 bits per heavy atom. The van der Waals surface area contributed by atoms with Gasteiger partial charge in [0.2, 0.25) is 5.70 Å². The minimum atomic E-state index is -0.789. The molecular weight excluding hydrogens is 505 g/mol. The normalized spacial score (nSPS) is 43.3. The number of carbonyl (C=O) groups excluding carboxylic acids is 2. The van der Waals surface area contributed by atoms with Crippen LogP contribution in [0.25, 0.3) is 4.85 Å². The Balaban J connectivity index is 1.53. The molecule has 6 nitrogen and oxygen atoms in total. The third kappa shape index (κ3) is 3.25. The van der Waals surface area contributed by atoms with Gasteiger partial charge in [-0.2, -0.15) is 4.98 Å². The summed E-state index contributed by atoms with van der Waals surface area (Å²) < 4.78 is 18.8. The van der Waals surface area contributed by atoms with E-state index in [4.69, 9.17) is 11.1 Å². The molecule has 0 radical (unpaired) electrons. The number of fused-ring (bicyclic) bond motifs is 7. The third-order valence-electron chi connectivity index (χ3n) is 12.9. The molecule has 7 heteroatoms. The predicted octanol–water partition coefficient (Wildman–Crippen LogP) is 7.36. The monoisotopic (exact) mass is 547 g/mol. The molecule has 0 spiro atoms. The highest BCUT2D eigenvalue weighted by molar-refractivity contribution is 6.03. The van der Waals surface area contributed by atoms with E-state index in [1.807, 2.05) is 26.0 Å². The number of aromatic nitrogens is 2. The Morgan fingerprint density at radius 2 is 1.75 bits per heavy atom. The standard InChI is InChI=1S/C33H42FN3O3/c1-28(2)11-13-33(27-36-24(18-34)40-37-27)14-12-32(7)25(19(33)16-28)21(38)15-23-30(5)17-20(35-8)26(39)29(3,4)22(30)9-10-31(23,32)6/h15,17,19,22,25H,9-14,16,18H2,1-7H3/t19-,22-,25-,30-,31+,32+,33-/m0/s1. The molecule has 6 rings (SSSR count). The number of allylic oxidation sites excluding steroid dienone is 4. The van der Waals surface area contributed by atoms with Crippen molar-refractivity contribution in [2.24, 2.45) is 44.8 Å². The van der Waals surface area contributed by atoms with E-state index in [9.17, 15) is 14.0 Å². The maximum Gasteiger partial charge on any atom is 0.258 e. The molecule has 3 saturated carbocycles. The molecule has 0 N–H and O–H groups in total. The minimum Gasteiger partial charge on any atom is -0.336 e. The van der Waals surface area contributed by atoms with Gasteiger partial charge in [0.05, 0.1) is 6.57 Å². The van der Waals surface area contributed by atoms with Crippen LogP contribution in [-0.2, 0) is 21.7 Å². The van der Waals surface area contributed by atoms with Crippen molar-refractivity contribution in [3.63, 3.8) is 0 Å². The number of rotatable bonds is 2. The van der Waals surface area contributed by atoms with Crippen LogP contribution in [0.4, 0.5) is 4.39 Å². The number of alkyl halides is 1. The van der Waals surface area contributed by atoms with Gasteiger partial charge in [-0.1, -0.05) is 65.3 Å². The van der Waals surface area contributed by atoms with Crippen LogP contribution < -0.4 is 0 Å².